The minimum atomic E-state index is -0.0546. The first-order valence-electron chi connectivity index (χ1n) is 8.78. The summed E-state index contributed by atoms with van der Waals surface area (Å²) in [4.78, 5) is 14.9. The summed E-state index contributed by atoms with van der Waals surface area (Å²) in [5.41, 5.74) is 3.96. The van der Waals surface area contributed by atoms with Gasteiger partial charge >= 0.3 is 0 Å². The van der Waals surface area contributed by atoms with Gasteiger partial charge in [-0.2, -0.15) is 5.10 Å². The average Bonchev–Trinajstić information content (AvgIpc) is 3.03. The molecule has 0 saturated carbocycles. The molecular weight excluding hydrogens is 316 g/mol. The number of nitrogens with zero attached hydrogens (tertiary/aromatic N) is 1. The van der Waals surface area contributed by atoms with Crippen molar-refractivity contribution in [2.24, 2.45) is 5.10 Å². The minimum Gasteiger partial charge on any atom is -0.460 e. The number of hydrogen-bond donors (Lipinski definition) is 3. The topological polar surface area (TPSA) is 63.5 Å². The molecule has 6 nitrogen and oxygen atoms in total. The van der Waals surface area contributed by atoms with Gasteiger partial charge in [0.2, 0.25) is 0 Å². The smallest absolute Gasteiger partial charge is 0.295 e. The van der Waals surface area contributed by atoms with E-state index in [0.29, 0.717) is 12.3 Å². The van der Waals surface area contributed by atoms with Crippen LogP contribution in [0.15, 0.2) is 52.0 Å². The van der Waals surface area contributed by atoms with E-state index in [1.807, 2.05) is 19.1 Å². The Morgan fingerprint density at radius 2 is 1.84 bits per heavy atom. The van der Waals surface area contributed by atoms with Crippen LogP contribution in [-0.4, -0.2) is 44.8 Å². The first-order chi connectivity index (χ1) is 12.2. The summed E-state index contributed by atoms with van der Waals surface area (Å²) in [6.45, 7) is 7.60. The summed E-state index contributed by atoms with van der Waals surface area (Å²) >= 11 is 0. The number of benzene rings is 1. The fourth-order valence-electron chi connectivity index (χ4n) is 3.15. The van der Waals surface area contributed by atoms with Crippen molar-refractivity contribution in [3.63, 3.8) is 0 Å². The van der Waals surface area contributed by atoms with E-state index in [4.69, 9.17) is 4.42 Å². The molecule has 0 aliphatic carbocycles. The Labute approximate surface area is 148 Å². The van der Waals surface area contributed by atoms with Gasteiger partial charge in [0.05, 0.1) is 6.21 Å². The highest BCUT2D eigenvalue weighted by atomic mass is 16.3. The summed E-state index contributed by atoms with van der Waals surface area (Å²) in [6, 6.07) is 14.3. The van der Waals surface area contributed by atoms with Gasteiger partial charge in [-0.15, -0.1) is 0 Å². The van der Waals surface area contributed by atoms with Gasteiger partial charge in [0.1, 0.15) is 44.2 Å². The predicted molar refractivity (Wildman–Crippen MR) is 95.6 cm³/mol. The van der Waals surface area contributed by atoms with Gasteiger partial charge < -0.3 is 14.2 Å². The number of piperazine rings is 1. The molecule has 0 atom stereocenters. The Balaban J connectivity index is 1.37. The number of nitrogens with one attached hydrogen (secondary N) is 3. The maximum Gasteiger partial charge on any atom is 0.295 e. The molecule has 132 valence electrons. The van der Waals surface area contributed by atoms with Gasteiger partial charge in [-0.3, -0.25) is 4.79 Å². The first kappa shape index (κ1) is 17.4. The molecule has 1 aliphatic heterocycles. The standard InChI is InChI=1S/C19H24N4O2/c1-16-7-8-18(25-16)13-20-21-19(24)15-23-11-9-22(10-12-23)14-17-5-3-2-4-6-17/h2-8,13H,9-12,14-15H2,1H3,(H,21,24)/p+2. The molecule has 2 aromatic rings. The Bertz CT molecular complexity index is 703. The lowest BCUT2D eigenvalue weighted by atomic mass is 10.2. The molecule has 1 aliphatic rings. The SMILES string of the molecule is Cc1ccc(C=NNC(=O)C[NH+]2CC[NH+](Cc3ccccc3)CC2)o1. The van der Waals surface area contributed by atoms with E-state index in [1.165, 1.54) is 16.7 Å². The number of furan rings is 1. The number of carbonyl (C=O) groups is 1. The molecule has 1 fully saturated rings. The third-order valence-corrected chi connectivity index (χ3v) is 4.51. The highest BCUT2D eigenvalue weighted by Gasteiger charge is 2.24. The quantitative estimate of drug-likeness (QED) is 0.467. The van der Waals surface area contributed by atoms with Crippen LogP contribution in [-0.2, 0) is 11.3 Å². The number of hydrogen-bond acceptors (Lipinski definition) is 3. The second-order valence-electron chi connectivity index (χ2n) is 6.58. The van der Waals surface area contributed by atoms with Crippen molar-refractivity contribution in [2.45, 2.75) is 13.5 Å². The third kappa shape index (κ3) is 5.55. The highest BCUT2D eigenvalue weighted by Crippen LogP contribution is 2.02. The average molecular weight is 342 g/mol. The van der Waals surface area contributed by atoms with Crippen molar-refractivity contribution in [1.82, 2.24) is 5.43 Å². The molecule has 2 heterocycles. The summed E-state index contributed by atoms with van der Waals surface area (Å²) in [5.74, 6) is 1.41. The fraction of sp³-hybridized carbons (Fsp3) is 0.368. The molecule has 6 heteroatoms. The Morgan fingerprint density at radius 3 is 2.52 bits per heavy atom. The number of rotatable bonds is 6. The van der Waals surface area contributed by atoms with Gasteiger partial charge in [0, 0.05) is 5.56 Å². The Kier molecular flexibility index (Phi) is 5.98. The minimum absolute atomic E-state index is 0.0546. The monoisotopic (exact) mass is 342 g/mol. The van der Waals surface area contributed by atoms with Gasteiger partial charge in [-0.05, 0) is 19.1 Å². The van der Waals surface area contributed by atoms with E-state index >= 15 is 0 Å². The number of carbonyl (C=O) groups excluding carboxylic acids is 1. The summed E-state index contributed by atoms with van der Waals surface area (Å²) in [5, 5.41) is 3.95. The second-order valence-corrected chi connectivity index (χ2v) is 6.58. The zero-order valence-electron chi connectivity index (χ0n) is 14.6. The zero-order valence-corrected chi connectivity index (χ0v) is 14.6. The van der Waals surface area contributed by atoms with E-state index in [0.717, 1.165) is 38.5 Å². The molecular formula is C19H26N4O2+2. The van der Waals surface area contributed by atoms with E-state index in [9.17, 15) is 4.79 Å². The predicted octanol–water partition coefficient (Wildman–Crippen LogP) is -0.978. The van der Waals surface area contributed by atoms with Crippen molar-refractivity contribution in [3.05, 3.63) is 59.5 Å². The molecule has 0 bridgehead atoms. The Morgan fingerprint density at radius 1 is 1.12 bits per heavy atom. The van der Waals surface area contributed by atoms with Crippen molar-refractivity contribution in [2.75, 3.05) is 32.7 Å². The zero-order chi connectivity index (χ0) is 17.5. The van der Waals surface area contributed by atoms with Crippen LogP contribution < -0.4 is 15.2 Å². The van der Waals surface area contributed by atoms with Crippen LogP contribution in [0.3, 0.4) is 0 Å². The lowest BCUT2D eigenvalue weighted by molar-refractivity contribution is -1.02. The number of aryl methyl sites for hydroxylation is 1. The molecule has 25 heavy (non-hydrogen) atoms. The van der Waals surface area contributed by atoms with E-state index in [1.54, 1.807) is 4.90 Å². The molecule has 1 amide bonds. The summed E-state index contributed by atoms with van der Waals surface area (Å²) in [7, 11) is 0. The van der Waals surface area contributed by atoms with Gasteiger partial charge in [0.25, 0.3) is 5.91 Å². The molecule has 1 aromatic heterocycles. The molecule has 1 saturated heterocycles. The van der Waals surface area contributed by atoms with Crippen LogP contribution in [0.1, 0.15) is 17.1 Å². The van der Waals surface area contributed by atoms with Crippen molar-refractivity contribution >= 4 is 12.1 Å². The second kappa shape index (κ2) is 8.60. The lowest BCUT2D eigenvalue weighted by Crippen LogP contribution is -3.28. The summed E-state index contributed by atoms with van der Waals surface area (Å²) < 4.78 is 5.37. The van der Waals surface area contributed by atoms with Gasteiger partial charge in [-0.1, -0.05) is 30.3 Å². The molecule has 3 rings (SSSR count). The van der Waals surface area contributed by atoms with Crippen LogP contribution in [0.2, 0.25) is 0 Å². The fourth-order valence-corrected chi connectivity index (χ4v) is 3.15. The molecule has 3 N–H and O–H groups in total. The third-order valence-electron chi connectivity index (χ3n) is 4.51. The van der Waals surface area contributed by atoms with Gasteiger partial charge in [0.15, 0.2) is 6.54 Å². The lowest BCUT2D eigenvalue weighted by Gasteiger charge is -2.29. The van der Waals surface area contributed by atoms with Crippen LogP contribution in [0.4, 0.5) is 0 Å². The highest BCUT2D eigenvalue weighted by molar-refractivity contribution is 5.80. The van der Waals surface area contributed by atoms with Crippen LogP contribution in [0.25, 0.3) is 0 Å². The number of hydrazone groups is 1. The Hall–Kier alpha value is -2.44. The van der Waals surface area contributed by atoms with Crippen molar-refractivity contribution in [3.8, 4) is 0 Å². The maximum absolute atomic E-state index is 12.0. The molecule has 0 unspecified atom stereocenters. The van der Waals surface area contributed by atoms with Crippen molar-refractivity contribution < 1.29 is 19.0 Å². The normalized spacial score (nSPS) is 20.7. The van der Waals surface area contributed by atoms with Crippen molar-refractivity contribution in [1.29, 1.82) is 0 Å². The number of amides is 1. The molecule has 0 radical (unpaired) electrons. The van der Waals surface area contributed by atoms with Crippen LogP contribution >= 0.6 is 0 Å². The molecule has 0 spiro atoms. The number of quaternary nitrogens is 2. The largest absolute Gasteiger partial charge is 0.460 e. The summed E-state index contributed by atoms with van der Waals surface area (Å²) in [6.07, 6.45) is 1.53. The molecule has 1 aromatic carbocycles. The first-order valence-corrected chi connectivity index (χ1v) is 8.78. The van der Waals surface area contributed by atoms with E-state index in [-0.39, 0.29) is 5.91 Å². The van der Waals surface area contributed by atoms with E-state index < -0.39 is 0 Å². The van der Waals surface area contributed by atoms with Gasteiger partial charge in [-0.25, -0.2) is 5.43 Å². The van der Waals surface area contributed by atoms with E-state index in [2.05, 4.69) is 40.9 Å². The maximum atomic E-state index is 12.0. The van der Waals surface area contributed by atoms with Crippen LogP contribution in [0.5, 0.6) is 0 Å². The van der Waals surface area contributed by atoms with Crippen LogP contribution in [0, 0.1) is 6.92 Å².